The van der Waals surface area contributed by atoms with E-state index < -0.39 is 0 Å². The molecule has 3 N–H and O–H groups in total. The number of rotatable bonds is 6. The molecule has 2 rings (SSSR count). The minimum atomic E-state index is 0.255. The fourth-order valence-corrected chi connectivity index (χ4v) is 3.06. The fraction of sp³-hybridized carbons (Fsp3) is 0.625. The van der Waals surface area contributed by atoms with E-state index >= 15 is 0 Å². The van der Waals surface area contributed by atoms with E-state index in [-0.39, 0.29) is 6.61 Å². The van der Waals surface area contributed by atoms with Crippen LogP contribution in [0.4, 0.5) is 0 Å². The van der Waals surface area contributed by atoms with Gasteiger partial charge in [0.1, 0.15) is 0 Å². The number of benzene rings is 1. The van der Waals surface area contributed by atoms with E-state index in [1.54, 1.807) is 0 Å². The highest BCUT2D eigenvalue weighted by Crippen LogP contribution is 2.24. The topological polar surface area (TPSA) is 52.7 Å². The van der Waals surface area contributed by atoms with Gasteiger partial charge in [-0.15, -0.1) is 0 Å². The average Bonchev–Trinajstić information content (AvgIpc) is 2.72. The van der Waals surface area contributed by atoms with Crippen LogP contribution in [0.25, 0.3) is 0 Å². The molecule has 20 heavy (non-hydrogen) atoms. The van der Waals surface area contributed by atoms with Crippen LogP contribution < -0.4 is 5.73 Å². The van der Waals surface area contributed by atoms with Gasteiger partial charge in [0.05, 0.1) is 6.61 Å². The van der Waals surface area contributed by atoms with Crippen molar-refractivity contribution in [1.29, 1.82) is 0 Å². The second-order valence-corrected chi connectivity index (χ2v) is 5.46. The molecule has 1 unspecified atom stereocenters. The summed E-state index contributed by atoms with van der Waals surface area (Å²) in [5.41, 5.74) is 7.19. The van der Waals surface area contributed by atoms with Crippen LogP contribution in [0.2, 0.25) is 0 Å². The Bertz CT molecular complexity index is 371. The highest BCUT2D eigenvalue weighted by Gasteiger charge is 2.22. The molecule has 0 radical (unpaired) electrons. The van der Waals surface area contributed by atoms with Crippen molar-refractivity contribution in [1.82, 2.24) is 9.80 Å². The molecular weight excluding hydrogens is 250 g/mol. The molecule has 1 aliphatic heterocycles. The van der Waals surface area contributed by atoms with Crippen LogP contribution in [0.1, 0.15) is 24.4 Å². The van der Waals surface area contributed by atoms with Crippen molar-refractivity contribution >= 4 is 0 Å². The lowest BCUT2D eigenvalue weighted by molar-refractivity contribution is 0.177. The van der Waals surface area contributed by atoms with Gasteiger partial charge in [-0.3, -0.25) is 9.80 Å². The molecule has 1 aromatic carbocycles. The maximum Gasteiger partial charge on any atom is 0.0558 e. The largest absolute Gasteiger partial charge is 0.395 e. The first kappa shape index (κ1) is 15.4. The maximum atomic E-state index is 9.08. The average molecular weight is 277 g/mol. The Balaban J connectivity index is 2.02. The molecule has 4 nitrogen and oxygen atoms in total. The predicted molar refractivity (Wildman–Crippen MR) is 82.6 cm³/mol. The Morgan fingerprint density at radius 3 is 2.60 bits per heavy atom. The number of hydrogen-bond donors (Lipinski definition) is 2. The lowest BCUT2D eigenvalue weighted by atomic mass is 10.0. The van der Waals surface area contributed by atoms with E-state index in [0.717, 1.165) is 52.1 Å². The molecule has 0 bridgehead atoms. The molecule has 4 heteroatoms. The van der Waals surface area contributed by atoms with Crippen LogP contribution in [0, 0.1) is 0 Å². The molecule has 1 heterocycles. The van der Waals surface area contributed by atoms with Crippen molar-refractivity contribution in [2.45, 2.75) is 18.9 Å². The molecule has 1 saturated heterocycles. The standard InChI is InChI=1S/C16H27N3O/c17-8-7-16(15-5-2-1-3-6-15)19-10-4-9-18(11-12-19)13-14-20/h1-3,5-6,16,20H,4,7-14,17H2. The highest BCUT2D eigenvalue weighted by atomic mass is 16.3. The molecule has 0 amide bonds. The van der Waals surface area contributed by atoms with Gasteiger partial charge in [-0.2, -0.15) is 0 Å². The van der Waals surface area contributed by atoms with Gasteiger partial charge < -0.3 is 10.8 Å². The number of β-amino-alcohol motifs (C(OH)–C–C–N with tert-alkyl or cyclic N) is 1. The molecular formula is C16H27N3O. The summed E-state index contributed by atoms with van der Waals surface area (Å²) in [5, 5.41) is 9.08. The minimum absolute atomic E-state index is 0.255. The van der Waals surface area contributed by atoms with Gasteiger partial charge >= 0.3 is 0 Å². The molecule has 0 aliphatic carbocycles. The zero-order valence-corrected chi connectivity index (χ0v) is 12.2. The van der Waals surface area contributed by atoms with Gasteiger partial charge in [0.25, 0.3) is 0 Å². The highest BCUT2D eigenvalue weighted by molar-refractivity contribution is 5.19. The summed E-state index contributed by atoms with van der Waals surface area (Å²) in [7, 11) is 0. The molecule has 1 fully saturated rings. The summed E-state index contributed by atoms with van der Waals surface area (Å²) in [6.07, 6.45) is 2.16. The first-order valence-corrected chi connectivity index (χ1v) is 7.67. The van der Waals surface area contributed by atoms with Crippen LogP contribution >= 0.6 is 0 Å². The third-order valence-corrected chi connectivity index (χ3v) is 4.10. The number of nitrogens with two attached hydrogens (primary N) is 1. The SMILES string of the molecule is NCCC(c1ccccc1)N1CCCN(CCO)CC1. The van der Waals surface area contributed by atoms with Crippen LogP contribution in [0.3, 0.4) is 0 Å². The number of hydrogen-bond acceptors (Lipinski definition) is 4. The Morgan fingerprint density at radius 1 is 1.10 bits per heavy atom. The molecule has 0 spiro atoms. The van der Waals surface area contributed by atoms with Crippen LogP contribution in [0.15, 0.2) is 30.3 Å². The smallest absolute Gasteiger partial charge is 0.0558 e. The first-order valence-electron chi connectivity index (χ1n) is 7.67. The molecule has 112 valence electrons. The molecule has 1 aliphatic rings. The van der Waals surface area contributed by atoms with Gasteiger partial charge in [-0.05, 0) is 31.5 Å². The lowest BCUT2D eigenvalue weighted by Gasteiger charge is -2.31. The predicted octanol–water partition coefficient (Wildman–Crippen LogP) is 1.08. The zero-order valence-electron chi connectivity index (χ0n) is 12.2. The second-order valence-electron chi connectivity index (χ2n) is 5.46. The van der Waals surface area contributed by atoms with E-state index in [9.17, 15) is 0 Å². The molecule has 0 saturated carbocycles. The van der Waals surface area contributed by atoms with Crippen LogP contribution in [-0.2, 0) is 0 Å². The zero-order chi connectivity index (χ0) is 14.2. The Morgan fingerprint density at radius 2 is 1.90 bits per heavy atom. The molecule has 0 aromatic heterocycles. The first-order chi connectivity index (χ1) is 9.85. The van der Waals surface area contributed by atoms with Crippen molar-refractivity contribution in [2.24, 2.45) is 5.73 Å². The van der Waals surface area contributed by atoms with Crippen molar-refractivity contribution in [2.75, 3.05) is 45.9 Å². The van der Waals surface area contributed by atoms with E-state index in [4.69, 9.17) is 10.8 Å². The quantitative estimate of drug-likeness (QED) is 0.817. The van der Waals surface area contributed by atoms with Crippen molar-refractivity contribution < 1.29 is 5.11 Å². The van der Waals surface area contributed by atoms with E-state index in [0.29, 0.717) is 6.04 Å². The summed E-state index contributed by atoms with van der Waals surface area (Å²) >= 11 is 0. The minimum Gasteiger partial charge on any atom is -0.395 e. The van der Waals surface area contributed by atoms with E-state index in [2.05, 4.69) is 40.1 Å². The van der Waals surface area contributed by atoms with Gasteiger partial charge in [0.2, 0.25) is 0 Å². The number of aliphatic hydroxyl groups is 1. The fourth-order valence-electron chi connectivity index (χ4n) is 3.06. The van der Waals surface area contributed by atoms with Gasteiger partial charge in [-0.1, -0.05) is 30.3 Å². The summed E-state index contributed by atoms with van der Waals surface area (Å²) in [4.78, 5) is 4.91. The Hall–Kier alpha value is -0.940. The third-order valence-electron chi connectivity index (χ3n) is 4.10. The Labute approximate surface area is 122 Å². The second kappa shape index (κ2) is 8.37. The number of nitrogens with zero attached hydrogens (tertiary/aromatic N) is 2. The lowest BCUT2D eigenvalue weighted by Crippen LogP contribution is -2.35. The summed E-state index contributed by atoms with van der Waals surface area (Å²) < 4.78 is 0. The summed E-state index contributed by atoms with van der Waals surface area (Å²) in [6, 6.07) is 11.1. The maximum absolute atomic E-state index is 9.08. The number of aliphatic hydroxyl groups excluding tert-OH is 1. The van der Waals surface area contributed by atoms with E-state index in [1.165, 1.54) is 5.56 Å². The Kier molecular flexibility index (Phi) is 6.47. The normalized spacial score (nSPS) is 19.7. The molecule has 1 atom stereocenters. The monoisotopic (exact) mass is 277 g/mol. The van der Waals surface area contributed by atoms with Gasteiger partial charge in [-0.25, -0.2) is 0 Å². The molecule has 1 aromatic rings. The summed E-state index contributed by atoms with van der Waals surface area (Å²) in [6.45, 7) is 6.05. The third kappa shape index (κ3) is 4.28. The van der Waals surface area contributed by atoms with Gasteiger partial charge in [0.15, 0.2) is 0 Å². The van der Waals surface area contributed by atoms with Crippen LogP contribution in [-0.4, -0.2) is 60.8 Å². The summed E-state index contributed by atoms with van der Waals surface area (Å²) in [5.74, 6) is 0. The van der Waals surface area contributed by atoms with E-state index in [1.807, 2.05) is 0 Å². The van der Waals surface area contributed by atoms with Crippen molar-refractivity contribution in [3.63, 3.8) is 0 Å². The van der Waals surface area contributed by atoms with Crippen molar-refractivity contribution in [3.8, 4) is 0 Å². The van der Waals surface area contributed by atoms with Crippen molar-refractivity contribution in [3.05, 3.63) is 35.9 Å². The van der Waals surface area contributed by atoms with Gasteiger partial charge in [0, 0.05) is 32.2 Å². The van der Waals surface area contributed by atoms with Crippen LogP contribution in [0.5, 0.6) is 0 Å².